The van der Waals surface area contributed by atoms with Gasteiger partial charge in [0.2, 0.25) is 0 Å². The molecule has 0 aromatic carbocycles. The van der Waals surface area contributed by atoms with E-state index in [1.165, 1.54) is 17.7 Å². The van der Waals surface area contributed by atoms with E-state index < -0.39 is 6.09 Å². The number of amides is 1. The second kappa shape index (κ2) is 6.96. The molecule has 0 aliphatic heterocycles. The van der Waals surface area contributed by atoms with Crippen molar-refractivity contribution < 1.29 is 9.53 Å². The Morgan fingerprint density at radius 2 is 1.92 bits per heavy atom. The lowest BCUT2D eigenvalue weighted by atomic mass is 10.4. The summed E-state index contributed by atoms with van der Waals surface area (Å²) in [6, 6.07) is 0. The van der Waals surface area contributed by atoms with Crippen LogP contribution in [0.1, 0.15) is 11.4 Å². The fraction of sp³-hybridized carbons (Fsp3) is 0.143. The van der Waals surface area contributed by atoms with Crippen molar-refractivity contribution in [1.29, 1.82) is 0 Å². The molecule has 122 valence electrons. The molecule has 2 N–H and O–H groups in total. The Hall–Kier alpha value is -3.14. The molecule has 0 bridgehead atoms. The first-order valence-electron chi connectivity index (χ1n) is 6.87. The largest absolute Gasteiger partial charge is 0.420 e. The third kappa shape index (κ3) is 3.98. The number of rotatable bonds is 4. The number of hydrogen-bond donors (Lipinski definition) is 2. The third-order valence-corrected chi connectivity index (χ3v) is 3.58. The number of thiazole rings is 1. The molecule has 0 saturated heterocycles. The van der Waals surface area contributed by atoms with Crippen LogP contribution in [0.5, 0.6) is 5.88 Å². The number of nitrogens with one attached hydrogen (secondary N) is 2. The fourth-order valence-electron chi connectivity index (χ4n) is 1.72. The van der Waals surface area contributed by atoms with Crippen molar-refractivity contribution in [2.24, 2.45) is 0 Å². The number of ether oxygens (including phenoxy) is 1. The van der Waals surface area contributed by atoms with Gasteiger partial charge in [-0.1, -0.05) is 0 Å². The minimum Gasteiger partial charge on any atom is -0.387 e. The summed E-state index contributed by atoms with van der Waals surface area (Å²) in [6.07, 6.45) is 5.40. The average Bonchev–Trinajstić information content (AvgIpc) is 2.96. The van der Waals surface area contributed by atoms with Crippen LogP contribution in [0, 0.1) is 13.8 Å². The standard InChI is InChI=1S/C14H13N7O2S/c1-8-3-17-11(20-10-4-15-7-16-5-10)12(18-8)23-14(22)21-13-19-9(2)6-24-13/h3-7H,1-2H3,(H,17,20)(H,19,21,22). The Labute approximate surface area is 141 Å². The quantitative estimate of drug-likeness (QED) is 0.743. The highest BCUT2D eigenvalue weighted by atomic mass is 32.1. The van der Waals surface area contributed by atoms with Crippen LogP contribution in [0.3, 0.4) is 0 Å². The van der Waals surface area contributed by atoms with E-state index in [-0.39, 0.29) is 11.7 Å². The zero-order valence-electron chi connectivity index (χ0n) is 12.8. The lowest BCUT2D eigenvalue weighted by Gasteiger charge is -2.10. The molecule has 0 saturated carbocycles. The molecule has 3 rings (SSSR count). The summed E-state index contributed by atoms with van der Waals surface area (Å²) in [6.45, 7) is 3.58. The predicted octanol–water partition coefficient (Wildman–Crippen LogP) is 2.69. The lowest BCUT2D eigenvalue weighted by molar-refractivity contribution is 0.213. The van der Waals surface area contributed by atoms with E-state index in [2.05, 4.69) is 35.6 Å². The van der Waals surface area contributed by atoms with E-state index >= 15 is 0 Å². The van der Waals surface area contributed by atoms with Crippen LogP contribution < -0.4 is 15.4 Å². The first-order chi connectivity index (χ1) is 11.6. The van der Waals surface area contributed by atoms with Crippen LogP contribution in [0.4, 0.5) is 21.4 Å². The van der Waals surface area contributed by atoms with Gasteiger partial charge < -0.3 is 10.1 Å². The molecule has 1 amide bonds. The van der Waals surface area contributed by atoms with E-state index in [0.717, 1.165) is 5.69 Å². The summed E-state index contributed by atoms with van der Waals surface area (Å²) in [5, 5.41) is 7.78. The van der Waals surface area contributed by atoms with Gasteiger partial charge in [0.25, 0.3) is 5.88 Å². The number of nitrogens with zero attached hydrogens (tertiary/aromatic N) is 5. The van der Waals surface area contributed by atoms with Crippen LogP contribution in [0.2, 0.25) is 0 Å². The number of carbonyl (C=O) groups excluding carboxylic acids is 1. The van der Waals surface area contributed by atoms with Crippen LogP contribution in [0.15, 0.2) is 30.3 Å². The molecular weight excluding hydrogens is 330 g/mol. The van der Waals surface area contributed by atoms with Gasteiger partial charge in [-0.25, -0.2) is 29.7 Å². The Morgan fingerprint density at radius 3 is 2.62 bits per heavy atom. The van der Waals surface area contributed by atoms with Crippen molar-refractivity contribution in [3.8, 4) is 5.88 Å². The molecule has 0 fully saturated rings. The molecule has 3 heterocycles. The summed E-state index contributed by atoms with van der Waals surface area (Å²) in [5.74, 6) is 0.325. The molecule has 0 aliphatic carbocycles. The SMILES string of the molecule is Cc1csc(NC(=O)Oc2nc(C)cnc2Nc2cncnc2)n1. The van der Waals surface area contributed by atoms with Gasteiger partial charge in [0.15, 0.2) is 10.9 Å². The molecule has 0 radical (unpaired) electrons. The lowest BCUT2D eigenvalue weighted by Crippen LogP contribution is -2.18. The Bertz CT molecular complexity index is 853. The van der Waals surface area contributed by atoms with Gasteiger partial charge in [-0.05, 0) is 13.8 Å². The maximum absolute atomic E-state index is 12.0. The Morgan fingerprint density at radius 1 is 1.12 bits per heavy atom. The van der Waals surface area contributed by atoms with Crippen LogP contribution in [0.25, 0.3) is 0 Å². The third-order valence-electron chi connectivity index (χ3n) is 2.70. The number of carbonyl (C=O) groups is 1. The molecule has 3 aromatic heterocycles. The number of hydrogen-bond acceptors (Lipinski definition) is 9. The van der Waals surface area contributed by atoms with Gasteiger partial charge in [-0.3, -0.25) is 5.32 Å². The maximum Gasteiger partial charge on any atom is 0.420 e. The molecule has 10 heteroatoms. The van der Waals surface area contributed by atoms with E-state index in [1.54, 1.807) is 25.5 Å². The molecule has 0 aliphatic rings. The van der Waals surface area contributed by atoms with Gasteiger partial charge in [0.1, 0.15) is 6.33 Å². The minimum absolute atomic E-state index is 0.0460. The first kappa shape index (κ1) is 15.7. The summed E-state index contributed by atoms with van der Waals surface area (Å²) < 4.78 is 5.25. The van der Waals surface area contributed by atoms with Gasteiger partial charge in [0.05, 0.1) is 35.7 Å². The van der Waals surface area contributed by atoms with Gasteiger partial charge in [-0.2, -0.15) is 0 Å². The molecule has 9 nitrogen and oxygen atoms in total. The molecule has 24 heavy (non-hydrogen) atoms. The van der Waals surface area contributed by atoms with Crippen molar-refractivity contribution in [3.63, 3.8) is 0 Å². The van der Waals surface area contributed by atoms with Gasteiger partial charge in [0, 0.05) is 5.38 Å². The van der Waals surface area contributed by atoms with Crippen molar-refractivity contribution in [3.05, 3.63) is 41.7 Å². The van der Waals surface area contributed by atoms with Crippen LogP contribution in [-0.2, 0) is 0 Å². The summed E-state index contributed by atoms with van der Waals surface area (Å²) >= 11 is 1.31. The second-order valence-corrected chi connectivity index (χ2v) is 5.58. The summed E-state index contributed by atoms with van der Waals surface area (Å²) in [4.78, 5) is 32.3. The monoisotopic (exact) mass is 343 g/mol. The van der Waals surface area contributed by atoms with Crippen LogP contribution in [-0.4, -0.2) is 31.0 Å². The van der Waals surface area contributed by atoms with Gasteiger partial charge in [-0.15, -0.1) is 11.3 Å². The van der Waals surface area contributed by atoms with Gasteiger partial charge >= 0.3 is 6.09 Å². The number of anilines is 3. The van der Waals surface area contributed by atoms with Crippen molar-refractivity contribution in [1.82, 2.24) is 24.9 Å². The summed E-state index contributed by atoms with van der Waals surface area (Å²) in [5.41, 5.74) is 2.02. The van der Waals surface area contributed by atoms with Crippen LogP contribution >= 0.6 is 11.3 Å². The molecule has 0 unspecified atom stereocenters. The van der Waals surface area contributed by atoms with Crippen molar-refractivity contribution in [2.45, 2.75) is 13.8 Å². The van der Waals surface area contributed by atoms with E-state index in [9.17, 15) is 4.79 Å². The number of aromatic nitrogens is 5. The van der Waals surface area contributed by atoms with E-state index in [0.29, 0.717) is 16.5 Å². The van der Waals surface area contributed by atoms with Crippen molar-refractivity contribution >= 4 is 34.1 Å². The minimum atomic E-state index is -0.698. The average molecular weight is 343 g/mol. The topological polar surface area (TPSA) is 115 Å². The Kier molecular flexibility index (Phi) is 4.57. The van der Waals surface area contributed by atoms with Crippen molar-refractivity contribution in [2.75, 3.05) is 10.6 Å². The highest BCUT2D eigenvalue weighted by Gasteiger charge is 2.14. The molecular formula is C14H13N7O2S. The normalized spacial score (nSPS) is 10.2. The predicted molar refractivity (Wildman–Crippen MR) is 88.6 cm³/mol. The Balaban J connectivity index is 1.76. The first-order valence-corrected chi connectivity index (χ1v) is 7.75. The zero-order chi connectivity index (χ0) is 16.9. The highest BCUT2D eigenvalue weighted by Crippen LogP contribution is 2.23. The number of aryl methyl sites for hydroxylation is 2. The summed E-state index contributed by atoms with van der Waals surface area (Å²) in [7, 11) is 0. The molecule has 3 aromatic rings. The van der Waals surface area contributed by atoms with E-state index in [4.69, 9.17) is 4.74 Å². The smallest absolute Gasteiger partial charge is 0.387 e. The van der Waals surface area contributed by atoms with E-state index in [1.807, 2.05) is 12.3 Å². The second-order valence-electron chi connectivity index (χ2n) is 4.73. The molecule has 0 spiro atoms. The zero-order valence-corrected chi connectivity index (χ0v) is 13.7. The maximum atomic E-state index is 12.0. The highest BCUT2D eigenvalue weighted by molar-refractivity contribution is 7.13. The fourth-order valence-corrected chi connectivity index (χ4v) is 2.40. The molecule has 0 atom stereocenters.